The van der Waals surface area contributed by atoms with Crippen LogP contribution in [0.25, 0.3) is 0 Å². The maximum atomic E-state index is 11.4. The van der Waals surface area contributed by atoms with E-state index in [4.69, 9.17) is 10.5 Å². The van der Waals surface area contributed by atoms with Crippen molar-refractivity contribution in [3.8, 4) is 0 Å². The minimum Gasteiger partial charge on any atom is -0.462 e. The van der Waals surface area contributed by atoms with E-state index in [0.29, 0.717) is 5.56 Å². The van der Waals surface area contributed by atoms with E-state index in [-0.39, 0.29) is 24.4 Å². The van der Waals surface area contributed by atoms with Crippen LogP contribution in [0.15, 0.2) is 18.2 Å². The number of rotatable bonds is 4. The Morgan fingerprint density at radius 2 is 2.25 bits per heavy atom. The molecule has 6 nitrogen and oxygen atoms in total. The summed E-state index contributed by atoms with van der Waals surface area (Å²) < 4.78 is 4.78. The van der Waals surface area contributed by atoms with Gasteiger partial charge in [-0.2, -0.15) is 0 Å². The molecule has 0 heterocycles. The van der Waals surface area contributed by atoms with Gasteiger partial charge in [0.25, 0.3) is 5.69 Å². The topological polar surface area (TPSA) is 95.5 Å². The van der Waals surface area contributed by atoms with Crippen LogP contribution in [0.3, 0.4) is 0 Å². The van der Waals surface area contributed by atoms with Gasteiger partial charge in [0, 0.05) is 18.2 Å². The highest BCUT2D eigenvalue weighted by Crippen LogP contribution is 2.19. The Balaban J connectivity index is 3.08. The van der Waals surface area contributed by atoms with Gasteiger partial charge in [0.15, 0.2) is 0 Å². The number of esters is 1. The fourth-order valence-corrected chi connectivity index (χ4v) is 1.27. The highest BCUT2D eigenvalue weighted by Gasteiger charge is 2.15. The summed E-state index contributed by atoms with van der Waals surface area (Å²) in [5.74, 6) is -0.507. The number of ether oxygens (including phenoxy) is 1. The number of hydrogen-bond donors (Lipinski definition) is 1. The van der Waals surface area contributed by atoms with E-state index >= 15 is 0 Å². The number of carbonyl (C=O) groups is 1. The average Bonchev–Trinajstić information content (AvgIpc) is 2.28. The third-order valence-electron chi connectivity index (χ3n) is 2.01. The molecule has 0 saturated carbocycles. The second-order valence-electron chi connectivity index (χ2n) is 3.03. The summed E-state index contributed by atoms with van der Waals surface area (Å²) in [6.07, 6.45) is 0. The Morgan fingerprint density at radius 3 is 2.75 bits per heavy atom. The number of carbonyl (C=O) groups excluding carboxylic acids is 1. The van der Waals surface area contributed by atoms with E-state index in [1.54, 1.807) is 6.92 Å². The second kappa shape index (κ2) is 5.22. The molecule has 0 aliphatic heterocycles. The van der Waals surface area contributed by atoms with E-state index in [9.17, 15) is 14.9 Å². The van der Waals surface area contributed by atoms with E-state index in [1.165, 1.54) is 18.2 Å². The molecule has 1 rings (SSSR count). The molecule has 0 bridgehead atoms. The van der Waals surface area contributed by atoms with Gasteiger partial charge in [-0.15, -0.1) is 0 Å². The molecule has 0 unspecified atom stereocenters. The quantitative estimate of drug-likeness (QED) is 0.471. The highest BCUT2D eigenvalue weighted by molar-refractivity contribution is 5.90. The van der Waals surface area contributed by atoms with E-state index in [1.807, 2.05) is 0 Å². The highest BCUT2D eigenvalue weighted by atomic mass is 16.6. The number of nitrogens with zero attached hydrogens (tertiary/aromatic N) is 1. The van der Waals surface area contributed by atoms with Crippen molar-refractivity contribution in [1.82, 2.24) is 0 Å². The molecule has 6 heteroatoms. The monoisotopic (exact) mass is 224 g/mol. The molecule has 1 aromatic rings. The van der Waals surface area contributed by atoms with Crippen LogP contribution in [0.4, 0.5) is 5.69 Å². The molecule has 2 N–H and O–H groups in total. The maximum absolute atomic E-state index is 11.4. The Hall–Kier alpha value is -1.95. The molecule has 0 saturated heterocycles. The van der Waals surface area contributed by atoms with Gasteiger partial charge in [0.2, 0.25) is 0 Å². The zero-order valence-electron chi connectivity index (χ0n) is 8.80. The molecular weight excluding hydrogens is 212 g/mol. The van der Waals surface area contributed by atoms with Crippen LogP contribution in [-0.4, -0.2) is 17.5 Å². The standard InChI is InChI=1S/C10H12N2O4/c1-2-16-10(13)7-3-4-9(12(14)15)8(5-7)6-11/h3-5H,2,6,11H2,1H3. The minimum atomic E-state index is -0.531. The fourth-order valence-electron chi connectivity index (χ4n) is 1.27. The summed E-state index contributed by atoms with van der Waals surface area (Å²) in [5, 5.41) is 10.6. The van der Waals surface area contributed by atoms with Gasteiger partial charge in [-0.1, -0.05) is 0 Å². The lowest BCUT2D eigenvalue weighted by molar-refractivity contribution is -0.385. The fraction of sp³-hybridized carbons (Fsp3) is 0.300. The van der Waals surface area contributed by atoms with Gasteiger partial charge < -0.3 is 10.5 Å². The molecule has 0 radical (unpaired) electrons. The summed E-state index contributed by atoms with van der Waals surface area (Å²) in [6, 6.07) is 4.00. The average molecular weight is 224 g/mol. The first kappa shape index (κ1) is 12.1. The van der Waals surface area contributed by atoms with Crippen molar-refractivity contribution >= 4 is 11.7 Å². The molecule has 0 aliphatic carbocycles. The number of benzene rings is 1. The van der Waals surface area contributed by atoms with Gasteiger partial charge in [0.1, 0.15) is 0 Å². The molecule has 0 amide bonds. The summed E-state index contributed by atoms with van der Waals surface area (Å²) >= 11 is 0. The third kappa shape index (κ3) is 2.54. The van der Waals surface area contributed by atoms with Crippen LogP contribution in [-0.2, 0) is 11.3 Å². The Morgan fingerprint density at radius 1 is 1.56 bits per heavy atom. The zero-order valence-corrected chi connectivity index (χ0v) is 8.80. The van der Waals surface area contributed by atoms with Crippen LogP contribution in [0, 0.1) is 10.1 Å². The molecular formula is C10H12N2O4. The minimum absolute atomic E-state index is 0.00353. The molecule has 0 fully saturated rings. The third-order valence-corrected chi connectivity index (χ3v) is 2.01. The largest absolute Gasteiger partial charge is 0.462 e. The second-order valence-corrected chi connectivity index (χ2v) is 3.03. The Labute approximate surface area is 92.2 Å². The molecule has 1 aromatic carbocycles. The van der Waals surface area contributed by atoms with Crippen molar-refractivity contribution in [2.75, 3.05) is 6.61 Å². The maximum Gasteiger partial charge on any atom is 0.338 e. The van der Waals surface area contributed by atoms with Crippen LogP contribution in [0.1, 0.15) is 22.8 Å². The van der Waals surface area contributed by atoms with Crippen molar-refractivity contribution in [3.05, 3.63) is 39.4 Å². The summed E-state index contributed by atoms with van der Waals surface area (Å²) in [5.41, 5.74) is 5.87. The van der Waals surface area contributed by atoms with Crippen LogP contribution in [0.5, 0.6) is 0 Å². The molecule has 0 spiro atoms. The number of nitro benzene ring substituents is 1. The predicted octanol–water partition coefficient (Wildman–Crippen LogP) is 1.23. The number of hydrogen-bond acceptors (Lipinski definition) is 5. The van der Waals surface area contributed by atoms with Crippen molar-refractivity contribution < 1.29 is 14.5 Å². The normalized spacial score (nSPS) is 9.88. The first-order valence-electron chi connectivity index (χ1n) is 4.74. The summed E-state index contributed by atoms with van der Waals surface area (Å²) in [6.45, 7) is 1.95. The smallest absolute Gasteiger partial charge is 0.338 e. The lowest BCUT2D eigenvalue weighted by Gasteiger charge is -2.04. The first-order chi connectivity index (χ1) is 7.60. The van der Waals surface area contributed by atoms with Crippen LogP contribution >= 0.6 is 0 Å². The van der Waals surface area contributed by atoms with Gasteiger partial charge in [-0.05, 0) is 19.1 Å². The van der Waals surface area contributed by atoms with Crippen molar-refractivity contribution in [1.29, 1.82) is 0 Å². The summed E-state index contributed by atoms with van der Waals surface area (Å²) in [7, 11) is 0. The SMILES string of the molecule is CCOC(=O)c1ccc([N+](=O)[O-])c(CN)c1. The molecule has 16 heavy (non-hydrogen) atoms. The molecule has 86 valence electrons. The first-order valence-corrected chi connectivity index (χ1v) is 4.74. The predicted molar refractivity (Wildman–Crippen MR) is 56.9 cm³/mol. The Bertz CT molecular complexity index is 417. The van der Waals surface area contributed by atoms with Gasteiger partial charge in [-0.3, -0.25) is 10.1 Å². The van der Waals surface area contributed by atoms with E-state index in [0.717, 1.165) is 0 Å². The molecule has 0 aliphatic rings. The van der Waals surface area contributed by atoms with Gasteiger partial charge in [0.05, 0.1) is 17.1 Å². The Kier molecular flexibility index (Phi) is 3.96. The van der Waals surface area contributed by atoms with Crippen molar-refractivity contribution in [2.45, 2.75) is 13.5 Å². The molecule has 0 atom stereocenters. The van der Waals surface area contributed by atoms with E-state index in [2.05, 4.69) is 0 Å². The van der Waals surface area contributed by atoms with Crippen LogP contribution < -0.4 is 5.73 Å². The van der Waals surface area contributed by atoms with Gasteiger partial charge in [-0.25, -0.2) is 4.79 Å². The summed E-state index contributed by atoms with van der Waals surface area (Å²) in [4.78, 5) is 21.5. The van der Waals surface area contributed by atoms with Crippen molar-refractivity contribution in [3.63, 3.8) is 0 Å². The van der Waals surface area contributed by atoms with Crippen LogP contribution in [0.2, 0.25) is 0 Å². The van der Waals surface area contributed by atoms with Crippen molar-refractivity contribution in [2.24, 2.45) is 5.73 Å². The van der Waals surface area contributed by atoms with E-state index < -0.39 is 10.9 Å². The number of nitro groups is 1. The zero-order chi connectivity index (χ0) is 12.1. The number of nitrogens with two attached hydrogens (primary N) is 1. The van der Waals surface area contributed by atoms with Gasteiger partial charge >= 0.3 is 5.97 Å². The molecule has 0 aromatic heterocycles. The lowest BCUT2D eigenvalue weighted by Crippen LogP contribution is -2.08. The lowest BCUT2D eigenvalue weighted by atomic mass is 10.1.